The maximum Gasteiger partial charge on any atom is 0.407 e. The Morgan fingerprint density at radius 3 is 2.35 bits per heavy atom. The number of aliphatic carboxylic acids is 1. The van der Waals surface area contributed by atoms with E-state index >= 15 is 0 Å². The number of hydrogen-bond donors (Lipinski definition) is 3. The van der Waals surface area contributed by atoms with Gasteiger partial charge in [-0.15, -0.1) is 0 Å². The van der Waals surface area contributed by atoms with Crippen LogP contribution in [0.15, 0.2) is 48.5 Å². The quantitative estimate of drug-likeness (QED) is 0.457. The highest BCUT2D eigenvalue weighted by Gasteiger charge is 2.34. The maximum absolute atomic E-state index is 12.4. The van der Waals surface area contributed by atoms with Crippen LogP contribution in [0.3, 0.4) is 0 Å². The summed E-state index contributed by atoms with van der Waals surface area (Å²) >= 11 is 0. The molecular weight excluding hydrogens is 440 g/mol. The van der Waals surface area contributed by atoms with Gasteiger partial charge in [0.1, 0.15) is 19.3 Å². The van der Waals surface area contributed by atoms with Gasteiger partial charge < -0.3 is 30.0 Å². The first-order chi connectivity index (χ1) is 16.5. The summed E-state index contributed by atoms with van der Waals surface area (Å²) in [5.74, 6) is -1.57. The molecule has 2 aliphatic rings. The third-order valence-corrected chi connectivity index (χ3v) is 6.10. The molecule has 0 radical (unpaired) electrons. The minimum absolute atomic E-state index is 0.0187. The first-order valence-corrected chi connectivity index (χ1v) is 11.3. The van der Waals surface area contributed by atoms with Crippen LogP contribution in [0, 0.1) is 5.92 Å². The molecule has 2 unspecified atom stereocenters. The van der Waals surface area contributed by atoms with Gasteiger partial charge in [0, 0.05) is 31.5 Å². The highest BCUT2D eigenvalue weighted by atomic mass is 16.5. The maximum atomic E-state index is 12.4. The van der Waals surface area contributed by atoms with Crippen LogP contribution in [0.1, 0.15) is 23.5 Å². The number of amides is 2. The predicted octanol–water partition coefficient (Wildman–Crippen LogP) is 2.15. The summed E-state index contributed by atoms with van der Waals surface area (Å²) in [6, 6.07) is 16.3. The molecule has 4 rings (SSSR count). The molecular formula is C25H28N2O7. The minimum Gasteiger partial charge on any atom is -0.480 e. The van der Waals surface area contributed by atoms with Crippen LogP contribution in [0.4, 0.5) is 4.79 Å². The Morgan fingerprint density at radius 2 is 1.68 bits per heavy atom. The van der Waals surface area contributed by atoms with Gasteiger partial charge in [0.2, 0.25) is 5.91 Å². The minimum atomic E-state index is -1.06. The molecule has 9 nitrogen and oxygen atoms in total. The summed E-state index contributed by atoms with van der Waals surface area (Å²) in [7, 11) is 0. The Hall–Kier alpha value is -3.43. The molecule has 0 spiro atoms. The average Bonchev–Trinajstić information content (AvgIpc) is 3.44. The first-order valence-electron chi connectivity index (χ1n) is 11.3. The number of carboxylic acid groups (broad SMARTS) is 1. The van der Waals surface area contributed by atoms with E-state index in [1.807, 2.05) is 24.3 Å². The lowest BCUT2D eigenvalue weighted by Crippen LogP contribution is -2.43. The van der Waals surface area contributed by atoms with Gasteiger partial charge in [-0.05, 0) is 28.7 Å². The largest absolute Gasteiger partial charge is 0.480 e. The number of alkyl carbamates (subject to hydrolysis) is 1. The van der Waals surface area contributed by atoms with Crippen LogP contribution < -0.4 is 10.6 Å². The van der Waals surface area contributed by atoms with Crippen molar-refractivity contribution in [3.05, 3.63) is 59.7 Å². The molecule has 2 amide bonds. The molecule has 180 valence electrons. The zero-order valence-corrected chi connectivity index (χ0v) is 18.7. The molecule has 1 saturated heterocycles. The molecule has 2 aromatic rings. The Labute approximate surface area is 197 Å². The monoisotopic (exact) mass is 468 g/mol. The smallest absolute Gasteiger partial charge is 0.407 e. The van der Waals surface area contributed by atoms with Crippen molar-refractivity contribution >= 4 is 18.0 Å². The third kappa shape index (κ3) is 5.55. The highest BCUT2D eigenvalue weighted by molar-refractivity contribution is 5.81. The van der Waals surface area contributed by atoms with Crippen molar-refractivity contribution in [1.82, 2.24) is 10.6 Å². The molecule has 0 saturated carbocycles. The van der Waals surface area contributed by atoms with Gasteiger partial charge in [-0.2, -0.15) is 0 Å². The second-order valence-corrected chi connectivity index (χ2v) is 8.28. The number of carbonyl (C=O) groups is 3. The van der Waals surface area contributed by atoms with E-state index in [1.54, 1.807) is 0 Å². The lowest BCUT2D eigenvalue weighted by atomic mass is 9.98. The van der Waals surface area contributed by atoms with Crippen LogP contribution in [0.25, 0.3) is 11.1 Å². The van der Waals surface area contributed by atoms with E-state index in [1.165, 1.54) is 0 Å². The summed E-state index contributed by atoms with van der Waals surface area (Å²) in [6.07, 6.45) is -0.583. The SMILES string of the molecule is O=C(O)COCCNC(=O)C1OCCC1CNC(=O)OCC1c2ccccc2-c2ccccc21. The fraction of sp³-hybridized carbons (Fsp3) is 0.400. The van der Waals surface area contributed by atoms with Crippen LogP contribution >= 0.6 is 0 Å². The van der Waals surface area contributed by atoms with Crippen LogP contribution in [-0.4, -0.2) is 68.7 Å². The van der Waals surface area contributed by atoms with E-state index in [4.69, 9.17) is 19.3 Å². The second-order valence-electron chi connectivity index (χ2n) is 8.28. The van der Waals surface area contributed by atoms with E-state index in [2.05, 4.69) is 34.9 Å². The molecule has 3 N–H and O–H groups in total. The predicted molar refractivity (Wildman–Crippen MR) is 122 cm³/mol. The summed E-state index contributed by atoms with van der Waals surface area (Å²) < 4.78 is 16.0. The Morgan fingerprint density at radius 1 is 1.00 bits per heavy atom. The number of carbonyl (C=O) groups excluding carboxylic acids is 2. The zero-order chi connectivity index (χ0) is 23.9. The van der Waals surface area contributed by atoms with Crippen LogP contribution in [0.5, 0.6) is 0 Å². The molecule has 1 aliphatic heterocycles. The Balaban J connectivity index is 1.23. The molecule has 34 heavy (non-hydrogen) atoms. The topological polar surface area (TPSA) is 123 Å². The fourth-order valence-electron chi connectivity index (χ4n) is 4.50. The molecule has 0 aromatic heterocycles. The van der Waals surface area contributed by atoms with Crippen molar-refractivity contribution in [3.8, 4) is 11.1 Å². The number of ether oxygens (including phenoxy) is 3. The second kappa shape index (κ2) is 11.1. The molecule has 9 heteroatoms. The molecule has 1 heterocycles. The normalized spacial score (nSPS) is 18.7. The number of benzene rings is 2. The van der Waals surface area contributed by atoms with Crippen molar-refractivity contribution in [3.63, 3.8) is 0 Å². The van der Waals surface area contributed by atoms with Crippen molar-refractivity contribution in [2.75, 3.05) is 39.5 Å². The summed E-state index contributed by atoms with van der Waals surface area (Å²) in [4.78, 5) is 35.2. The number of hydrogen-bond acceptors (Lipinski definition) is 6. The van der Waals surface area contributed by atoms with Gasteiger partial charge in [0.05, 0.1) is 6.61 Å². The van der Waals surface area contributed by atoms with E-state index in [0.29, 0.717) is 13.0 Å². The van der Waals surface area contributed by atoms with Crippen molar-refractivity contribution in [2.45, 2.75) is 18.4 Å². The average molecular weight is 469 g/mol. The highest BCUT2D eigenvalue weighted by Crippen LogP contribution is 2.44. The standard InChI is InChI=1S/C25H28N2O7/c28-22(29)15-32-12-10-26-24(30)23-16(9-11-33-23)13-27-25(31)34-14-21-19-7-3-1-5-17(19)18-6-2-4-8-20(18)21/h1-8,16,21,23H,9-15H2,(H,26,30)(H,27,31)(H,28,29). The van der Waals surface area contributed by atoms with Crippen molar-refractivity contribution < 1.29 is 33.7 Å². The zero-order valence-electron chi connectivity index (χ0n) is 18.7. The molecule has 1 fully saturated rings. The number of fused-ring (bicyclic) bond motifs is 3. The summed E-state index contributed by atoms with van der Waals surface area (Å²) in [6.45, 7) is 0.755. The molecule has 2 aromatic carbocycles. The summed E-state index contributed by atoms with van der Waals surface area (Å²) in [5, 5.41) is 14.0. The van der Waals surface area contributed by atoms with Gasteiger partial charge >= 0.3 is 12.1 Å². The van der Waals surface area contributed by atoms with E-state index < -0.39 is 24.8 Å². The lowest BCUT2D eigenvalue weighted by molar-refractivity contribution is -0.142. The Bertz CT molecular complexity index is 996. The van der Waals surface area contributed by atoms with Crippen LogP contribution in [0.2, 0.25) is 0 Å². The van der Waals surface area contributed by atoms with Gasteiger partial charge in [-0.1, -0.05) is 48.5 Å². The lowest BCUT2D eigenvalue weighted by Gasteiger charge is -2.19. The van der Waals surface area contributed by atoms with E-state index in [0.717, 1.165) is 22.3 Å². The van der Waals surface area contributed by atoms with Crippen LogP contribution in [-0.2, 0) is 23.8 Å². The number of carboxylic acids is 1. The Kier molecular flexibility index (Phi) is 7.76. The third-order valence-electron chi connectivity index (χ3n) is 6.10. The van der Waals surface area contributed by atoms with E-state index in [9.17, 15) is 14.4 Å². The molecule has 0 bridgehead atoms. The summed E-state index contributed by atoms with van der Waals surface area (Å²) in [5.41, 5.74) is 4.62. The fourth-order valence-corrected chi connectivity index (χ4v) is 4.50. The first kappa shape index (κ1) is 23.7. The van der Waals surface area contributed by atoms with Gasteiger partial charge in [0.15, 0.2) is 0 Å². The van der Waals surface area contributed by atoms with Gasteiger partial charge in [-0.3, -0.25) is 4.79 Å². The van der Waals surface area contributed by atoms with Crippen molar-refractivity contribution in [1.29, 1.82) is 0 Å². The van der Waals surface area contributed by atoms with Crippen molar-refractivity contribution in [2.24, 2.45) is 5.92 Å². The van der Waals surface area contributed by atoms with Gasteiger partial charge in [-0.25, -0.2) is 9.59 Å². The van der Waals surface area contributed by atoms with E-state index in [-0.39, 0.29) is 44.0 Å². The number of rotatable bonds is 10. The molecule has 1 aliphatic carbocycles. The van der Waals surface area contributed by atoms with Gasteiger partial charge in [0.25, 0.3) is 0 Å². The number of nitrogens with one attached hydrogen (secondary N) is 2. The molecule has 2 atom stereocenters.